The van der Waals surface area contributed by atoms with Crippen LogP contribution >= 0.6 is 0 Å². The molecule has 0 atom stereocenters. The van der Waals surface area contributed by atoms with E-state index in [0.717, 1.165) is 12.8 Å². The van der Waals surface area contributed by atoms with E-state index in [1.807, 2.05) is 0 Å². The molecule has 6 nitrogen and oxygen atoms in total. The van der Waals surface area contributed by atoms with E-state index in [9.17, 15) is 8.42 Å². The van der Waals surface area contributed by atoms with Crippen molar-refractivity contribution >= 4 is 10.0 Å². The van der Waals surface area contributed by atoms with Crippen LogP contribution in [0.3, 0.4) is 0 Å². The second-order valence-electron chi connectivity index (χ2n) is 4.37. The van der Waals surface area contributed by atoms with Crippen molar-refractivity contribution < 1.29 is 13.5 Å². The van der Waals surface area contributed by atoms with Gasteiger partial charge in [0.1, 0.15) is 4.90 Å². The van der Waals surface area contributed by atoms with Gasteiger partial charge in [-0.15, -0.1) is 0 Å². The summed E-state index contributed by atoms with van der Waals surface area (Å²) in [5.74, 6) is 0. The van der Waals surface area contributed by atoms with Gasteiger partial charge in [-0.25, -0.2) is 12.7 Å². The molecule has 0 radical (unpaired) electrons. The number of unbranched alkanes of at least 4 members (excludes halogenated alkanes) is 2. The van der Waals surface area contributed by atoms with Crippen molar-refractivity contribution in [3.8, 4) is 0 Å². The molecule has 0 amide bonds. The number of aliphatic hydroxyl groups is 1. The summed E-state index contributed by atoms with van der Waals surface area (Å²) in [6.07, 6.45) is 2.27. The number of H-pyrrole nitrogens is 1. The van der Waals surface area contributed by atoms with Gasteiger partial charge in [0, 0.05) is 20.2 Å². The van der Waals surface area contributed by atoms with Gasteiger partial charge in [0.2, 0.25) is 10.0 Å². The van der Waals surface area contributed by atoms with Crippen molar-refractivity contribution in [1.29, 1.82) is 0 Å². The Morgan fingerprint density at radius 1 is 1.28 bits per heavy atom. The highest BCUT2D eigenvalue weighted by Crippen LogP contribution is 2.20. The van der Waals surface area contributed by atoms with Gasteiger partial charge in [-0.2, -0.15) is 5.10 Å². The Hall–Kier alpha value is -0.920. The number of sulfonamides is 1. The lowest BCUT2D eigenvalue weighted by Gasteiger charge is -2.17. The van der Waals surface area contributed by atoms with E-state index in [2.05, 4.69) is 10.2 Å². The lowest BCUT2D eigenvalue weighted by molar-refractivity contribution is 0.281. The molecule has 0 aliphatic heterocycles. The molecule has 0 bridgehead atoms. The van der Waals surface area contributed by atoms with Crippen molar-refractivity contribution in [3.63, 3.8) is 0 Å². The maximum atomic E-state index is 12.3. The third kappa shape index (κ3) is 3.30. The summed E-state index contributed by atoms with van der Waals surface area (Å²) in [7, 11) is -1.90. The molecule has 0 saturated carbocycles. The van der Waals surface area contributed by atoms with Gasteiger partial charge in [-0.05, 0) is 33.1 Å². The third-order valence-electron chi connectivity index (χ3n) is 2.86. The number of aryl methyl sites for hydroxylation is 2. The second kappa shape index (κ2) is 6.31. The van der Waals surface area contributed by atoms with Crippen molar-refractivity contribution in [1.82, 2.24) is 14.5 Å². The summed E-state index contributed by atoms with van der Waals surface area (Å²) in [6, 6.07) is 0. The zero-order chi connectivity index (χ0) is 13.8. The molecule has 1 rings (SSSR count). The molecule has 18 heavy (non-hydrogen) atoms. The van der Waals surface area contributed by atoms with Crippen LogP contribution in [0.5, 0.6) is 0 Å². The predicted molar refractivity (Wildman–Crippen MR) is 68.8 cm³/mol. The van der Waals surface area contributed by atoms with Crippen molar-refractivity contribution in [3.05, 3.63) is 11.4 Å². The van der Waals surface area contributed by atoms with E-state index >= 15 is 0 Å². The Labute approximate surface area is 108 Å². The van der Waals surface area contributed by atoms with Crippen LogP contribution in [0.4, 0.5) is 0 Å². The van der Waals surface area contributed by atoms with Crippen LogP contribution in [0, 0.1) is 13.8 Å². The SMILES string of the molecule is Cc1n[nH]c(C)c1S(=O)(=O)N(C)CCCCCO. The number of aromatic amines is 1. The van der Waals surface area contributed by atoms with Crippen LogP contribution in [0.25, 0.3) is 0 Å². The number of aliphatic hydroxyl groups excluding tert-OH is 1. The van der Waals surface area contributed by atoms with Crippen molar-refractivity contribution in [2.75, 3.05) is 20.2 Å². The number of nitrogens with one attached hydrogen (secondary N) is 1. The van der Waals surface area contributed by atoms with E-state index in [1.165, 1.54) is 4.31 Å². The molecule has 0 fully saturated rings. The molecule has 0 aliphatic rings. The van der Waals surface area contributed by atoms with Crippen LogP contribution in [-0.2, 0) is 10.0 Å². The molecule has 104 valence electrons. The topological polar surface area (TPSA) is 86.3 Å². The Bertz CT molecular complexity index is 462. The molecule has 2 N–H and O–H groups in total. The summed E-state index contributed by atoms with van der Waals surface area (Å²) in [5.41, 5.74) is 1.06. The van der Waals surface area contributed by atoms with Crippen LogP contribution in [-0.4, -0.2) is 48.2 Å². The monoisotopic (exact) mass is 275 g/mol. The maximum absolute atomic E-state index is 12.3. The number of nitrogens with zero attached hydrogens (tertiary/aromatic N) is 2. The third-order valence-corrected chi connectivity index (χ3v) is 4.98. The minimum absolute atomic E-state index is 0.149. The molecule has 0 aromatic carbocycles. The quantitative estimate of drug-likeness (QED) is 0.721. The highest BCUT2D eigenvalue weighted by molar-refractivity contribution is 7.89. The van der Waals surface area contributed by atoms with Gasteiger partial charge < -0.3 is 5.11 Å². The van der Waals surface area contributed by atoms with Crippen LogP contribution in [0.15, 0.2) is 4.90 Å². The molecule has 0 aliphatic carbocycles. The maximum Gasteiger partial charge on any atom is 0.246 e. The normalized spacial score (nSPS) is 12.3. The molecular weight excluding hydrogens is 254 g/mol. The molecule has 0 saturated heterocycles. The molecular formula is C11H21N3O3S. The molecule has 0 spiro atoms. The van der Waals surface area contributed by atoms with E-state index in [4.69, 9.17) is 5.11 Å². The summed E-state index contributed by atoms with van der Waals surface area (Å²) >= 11 is 0. The number of rotatable bonds is 7. The summed E-state index contributed by atoms with van der Waals surface area (Å²) in [5, 5.41) is 15.3. The number of hydrogen-bond donors (Lipinski definition) is 2. The van der Waals surface area contributed by atoms with Gasteiger partial charge in [-0.3, -0.25) is 5.10 Å². The average molecular weight is 275 g/mol. The van der Waals surface area contributed by atoms with E-state index in [-0.39, 0.29) is 11.5 Å². The zero-order valence-electron chi connectivity index (χ0n) is 11.1. The first-order valence-corrected chi connectivity index (χ1v) is 7.44. The zero-order valence-corrected chi connectivity index (χ0v) is 11.9. The Kier molecular flexibility index (Phi) is 5.30. The molecule has 1 aromatic rings. The fourth-order valence-electron chi connectivity index (χ4n) is 1.82. The van der Waals surface area contributed by atoms with Gasteiger partial charge in [0.25, 0.3) is 0 Å². The lowest BCUT2D eigenvalue weighted by Crippen LogP contribution is -2.28. The van der Waals surface area contributed by atoms with Gasteiger partial charge in [0.15, 0.2) is 0 Å². The number of aromatic nitrogens is 2. The largest absolute Gasteiger partial charge is 0.396 e. The van der Waals surface area contributed by atoms with E-state index < -0.39 is 10.0 Å². The van der Waals surface area contributed by atoms with Crippen LogP contribution in [0.1, 0.15) is 30.7 Å². The van der Waals surface area contributed by atoms with Crippen LogP contribution < -0.4 is 0 Å². The predicted octanol–water partition coefficient (Wildman–Crippen LogP) is 0.810. The van der Waals surface area contributed by atoms with E-state index in [1.54, 1.807) is 20.9 Å². The minimum Gasteiger partial charge on any atom is -0.396 e. The average Bonchev–Trinajstić information content (AvgIpc) is 2.64. The van der Waals surface area contributed by atoms with Crippen molar-refractivity contribution in [2.24, 2.45) is 0 Å². The molecule has 0 unspecified atom stereocenters. The Morgan fingerprint density at radius 3 is 2.44 bits per heavy atom. The van der Waals surface area contributed by atoms with Crippen LogP contribution in [0.2, 0.25) is 0 Å². The van der Waals surface area contributed by atoms with Crippen molar-refractivity contribution in [2.45, 2.75) is 38.0 Å². The molecule has 1 aromatic heterocycles. The second-order valence-corrected chi connectivity index (χ2v) is 6.36. The minimum atomic E-state index is -3.47. The fraction of sp³-hybridized carbons (Fsp3) is 0.727. The van der Waals surface area contributed by atoms with E-state index in [0.29, 0.717) is 24.4 Å². The Morgan fingerprint density at radius 2 is 1.94 bits per heavy atom. The lowest BCUT2D eigenvalue weighted by atomic mass is 10.2. The first kappa shape index (κ1) is 15.1. The highest BCUT2D eigenvalue weighted by Gasteiger charge is 2.26. The summed E-state index contributed by atoms with van der Waals surface area (Å²) in [4.78, 5) is 0.271. The Balaban J connectivity index is 2.75. The first-order valence-electron chi connectivity index (χ1n) is 6.00. The molecule has 1 heterocycles. The van der Waals surface area contributed by atoms with Gasteiger partial charge >= 0.3 is 0 Å². The highest BCUT2D eigenvalue weighted by atomic mass is 32.2. The van der Waals surface area contributed by atoms with Gasteiger partial charge in [-0.1, -0.05) is 0 Å². The molecule has 7 heteroatoms. The standard InChI is InChI=1S/C11H21N3O3S/c1-9-11(10(2)13-12-9)18(16,17)14(3)7-5-4-6-8-15/h15H,4-8H2,1-3H3,(H,12,13). The summed E-state index contributed by atoms with van der Waals surface area (Å²) < 4.78 is 26.0. The number of hydrogen-bond acceptors (Lipinski definition) is 4. The summed E-state index contributed by atoms with van der Waals surface area (Å²) in [6.45, 7) is 3.98. The van der Waals surface area contributed by atoms with Gasteiger partial charge in [0.05, 0.1) is 11.4 Å². The smallest absolute Gasteiger partial charge is 0.246 e. The first-order chi connectivity index (χ1) is 8.41. The fourth-order valence-corrected chi connectivity index (χ4v) is 3.35.